The first-order valence-corrected chi connectivity index (χ1v) is 11.1. The number of aromatic nitrogens is 3. The van der Waals surface area contributed by atoms with Crippen LogP contribution in [-0.4, -0.2) is 34.7 Å². The first-order chi connectivity index (χ1) is 15.9. The molecule has 0 N–H and O–H groups in total. The lowest BCUT2D eigenvalue weighted by Crippen LogP contribution is -2.37. The summed E-state index contributed by atoms with van der Waals surface area (Å²) < 4.78 is 13.1. The van der Waals surface area contributed by atoms with E-state index < -0.39 is 0 Å². The number of amides is 1. The van der Waals surface area contributed by atoms with E-state index in [1.807, 2.05) is 36.4 Å². The smallest absolute Gasteiger partial charge is 0.256 e. The van der Waals surface area contributed by atoms with Crippen molar-refractivity contribution in [3.05, 3.63) is 76.0 Å². The Morgan fingerprint density at radius 1 is 1.06 bits per heavy atom. The predicted octanol–water partition coefficient (Wildman–Crippen LogP) is 3.72. The molecule has 0 aliphatic carbocycles. The van der Waals surface area contributed by atoms with Crippen LogP contribution in [-0.2, 0) is 17.9 Å². The van der Waals surface area contributed by atoms with Crippen LogP contribution in [0.25, 0.3) is 10.2 Å². The molecule has 4 aromatic rings. The molecule has 0 saturated heterocycles. The Hall–Kier alpha value is -3.72. The van der Waals surface area contributed by atoms with Gasteiger partial charge in [-0.15, -0.1) is 0 Å². The van der Waals surface area contributed by atoms with Gasteiger partial charge in [0.05, 0.1) is 27.1 Å². The Kier molecular flexibility index (Phi) is 6.41. The number of hydrogen-bond donors (Lipinski definition) is 0. The molecule has 0 fully saturated rings. The predicted molar refractivity (Wildman–Crippen MR) is 128 cm³/mol. The number of methoxy groups -OCH3 is 2. The molecule has 2 aromatic heterocycles. The number of anilines is 1. The highest BCUT2D eigenvalue weighted by atomic mass is 32.1. The number of benzene rings is 2. The van der Waals surface area contributed by atoms with Gasteiger partial charge in [0.2, 0.25) is 5.91 Å². The Balaban J connectivity index is 1.78. The molecule has 33 heavy (non-hydrogen) atoms. The summed E-state index contributed by atoms with van der Waals surface area (Å²) in [5.74, 6) is 0.967. The zero-order valence-corrected chi connectivity index (χ0v) is 19.7. The van der Waals surface area contributed by atoms with Crippen LogP contribution in [0.5, 0.6) is 11.5 Å². The lowest BCUT2D eigenvalue weighted by atomic mass is 10.2. The number of carbonyl (C=O) groups excluding carboxylic acids is 1. The summed E-state index contributed by atoms with van der Waals surface area (Å²) in [6, 6.07) is 13.2. The van der Waals surface area contributed by atoms with Gasteiger partial charge < -0.3 is 9.47 Å². The Labute approximate surface area is 195 Å². The highest BCUT2D eigenvalue weighted by Gasteiger charge is 2.24. The van der Waals surface area contributed by atoms with Gasteiger partial charge in [-0.3, -0.25) is 19.1 Å². The highest BCUT2D eigenvalue weighted by Crippen LogP contribution is 2.40. The van der Waals surface area contributed by atoms with Gasteiger partial charge in [0.15, 0.2) is 5.13 Å². The Morgan fingerprint density at radius 3 is 2.45 bits per heavy atom. The zero-order valence-electron chi connectivity index (χ0n) is 18.9. The van der Waals surface area contributed by atoms with E-state index in [-0.39, 0.29) is 18.0 Å². The van der Waals surface area contributed by atoms with Gasteiger partial charge in [0.1, 0.15) is 28.3 Å². The highest BCUT2D eigenvalue weighted by molar-refractivity contribution is 7.22. The molecule has 8 nitrogen and oxygen atoms in total. The van der Waals surface area contributed by atoms with Gasteiger partial charge in [-0.1, -0.05) is 41.7 Å². The van der Waals surface area contributed by atoms with Crippen LogP contribution in [0.1, 0.15) is 16.8 Å². The zero-order chi connectivity index (χ0) is 23.5. The van der Waals surface area contributed by atoms with Crippen molar-refractivity contribution >= 4 is 32.6 Å². The fourth-order valence-electron chi connectivity index (χ4n) is 3.44. The third kappa shape index (κ3) is 4.45. The standard InChI is InChI=1S/C24H24N4O4S/c1-15-16(2)25-14-27(23(15)30)13-20(29)28(12-17-8-6-5-7-9-17)24-26-21-18(31-3)10-11-19(32-4)22(21)33-24/h5-11,14H,12-13H2,1-4H3. The van der Waals surface area contributed by atoms with Crippen LogP contribution in [0.2, 0.25) is 0 Å². The number of rotatable bonds is 7. The molecule has 0 saturated carbocycles. The summed E-state index contributed by atoms with van der Waals surface area (Å²) >= 11 is 1.34. The van der Waals surface area contributed by atoms with E-state index in [9.17, 15) is 9.59 Å². The van der Waals surface area contributed by atoms with Gasteiger partial charge >= 0.3 is 0 Å². The number of nitrogens with zero attached hydrogens (tertiary/aromatic N) is 4. The third-order valence-electron chi connectivity index (χ3n) is 5.44. The van der Waals surface area contributed by atoms with Crippen molar-refractivity contribution in [2.24, 2.45) is 0 Å². The second-order valence-electron chi connectivity index (χ2n) is 7.50. The van der Waals surface area contributed by atoms with E-state index >= 15 is 0 Å². The van der Waals surface area contributed by atoms with Crippen molar-refractivity contribution in [2.75, 3.05) is 19.1 Å². The largest absolute Gasteiger partial charge is 0.495 e. The molecule has 4 rings (SSSR count). The van der Waals surface area contributed by atoms with Gasteiger partial charge in [0.25, 0.3) is 5.56 Å². The van der Waals surface area contributed by atoms with Crippen LogP contribution in [0, 0.1) is 13.8 Å². The van der Waals surface area contributed by atoms with Crippen LogP contribution < -0.4 is 19.9 Å². The molecule has 0 spiro atoms. The molecule has 2 aromatic carbocycles. The lowest BCUT2D eigenvalue weighted by Gasteiger charge is -2.20. The summed E-state index contributed by atoms with van der Waals surface area (Å²) in [5, 5.41) is 0.492. The Bertz CT molecular complexity index is 1320. The van der Waals surface area contributed by atoms with E-state index in [4.69, 9.17) is 14.5 Å². The van der Waals surface area contributed by atoms with Gasteiger partial charge in [0, 0.05) is 11.3 Å². The monoisotopic (exact) mass is 464 g/mol. The van der Waals surface area contributed by atoms with E-state index in [0.29, 0.717) is 39.9 Å². The first kappa shape index (κ1) is 22.5. The minimum atomic E-state index is -0.275. The summed E-state index contributed by atoms with van der Waals surface area (Å²) in [7, 11) is 3.17. The van der Waals surface area contributed by atoms with Crippen LogP contribution in [0.4, 0.5) is 5.13 Å². The SMILES string of the molecule is COc1ccc(OC)c2sc(N(Cc3ccccc3)C(=O)Cn3cnc(C)c(C)c3=O)nc12. The normalized spacial score (nSPS) is 10.9. The number of hydrogen-bond acceptors (Lipinski definition) is 7. The number of fused-ring (bicyclic) bond motifs is 1. The molecule has 0 aliphatic heterocycles. The number of ether oxygens (including phenoxy) is 2. The molecule has 0 aliphatic rings. The van der Waals surface area contributed by atoms with E-state index in [1.165, 1.54) is 22.2 Å². The van der Waals surface area contributed by atoms with Gasteiger partial charge in [-0.25, -0.2) is 9.97 Å². The van der Waals surface area contributed by atoms with Gasteiger partial charge in [-0.05, 0) is 31.5 Å². The fourth-order valence-corrected chi connectivity index (χ4v) is 4.53. The van der Waals surface area contributed by atoms with Crippen LogP contribution in [0.3, 0.4) is 0 Å². The molecule has 170 valence electrons. The molecule has 1 amide bonds. The second kappa shape index (κ2) is 9.41. The van der Waals surface area contributed by atoms with Crippen LogP contribution in [0.15, 0.2) is 53.6 Å². The molecule has 0 unspecified atom stereocenters. The lowest BCUT2D eigenvalue weighted by molar-refractivity contribution is -0.119. The average Bonchev–Trinajstić information content (AvgIpc) is 3.28. The summed E-state index contributed by atoms with van der Waals surface area (Å²) in [6.45, 7) is 3.63. The van der Waals surface area contributed by atoms with E-state index in [2.05, 4.69) is 4.98 Å². The molecule has 9 heteroatoms. The van der Waals surface area contributed by atoms with E-state index in [1.54, 1.807) is 39.0 Å². The van der Waals surface area contributed by atoms with Crippen molar-refractivity contribution in [3.8, 4) is 11.5 Å². The quantitative estimate of drug-likeness (QED) is 0.414. The topological polar surface area (TPSA) is 86.5 Å². The minimum absolute atomic E-state index is 0.149. The Morgan fingerprint density at radius 2 is 1.76 bits per heavy atom. The van der Waals surface area contributed by atoms with Crippen molar-refractivity contribution < 1.29 is 14.3 Å². The summed E-state index contributed by atoms with van der Waals surface area (Å²) in [6.07, 6.45) is 1.41. The van der Waals surface area contributed by atoms with Crippen molar-refractivity contribution in [1.29, 1.82) is 0 Å². The maximum absolute atomic E-state index is 13.5. The van der Waals surface area contributed by atoms with Crippen molar-refractivity contribution in [3.63, 3.8) is 0 Å². The molecule has 0 bridgehead atoms. The van der Waals surface area contributed by atoms with E-state index in [0.717, 1.165) is 10.3 Å². The number of aryl methyl sites for hydroxylation is 1. The first-order valence-electron chi connectivity index (χ1n) is 10.3. The molecule has 2 heterocycles. The molecule has 0 radical (unpaired) electrons. The minimum Gasteiger partial charge on any atom is -0.495 e. The second-order valence-corrected chi connectivity index (χ2v) is 8.48. The van der Waals surface area contributed by atoms with Crippen LogP contribution >= 0.6 is 11.3 Å². The maximum atomic E-state index is 13.5. The summed E-state index contributed by atoms with van der Waals surface area (Å²) in [5.41, 5.74) is 2.50. The van der Waals surface area contributed by atoms with Crippen molar-refractivity contribution in [1.82, 2.24) is 14.5 Å². The number of thiazole rings is 1. The molecular weight excluding hydrogens is 440 g/mol. The van der Waals surface area contributed by atoms with Crippen molar-refractivity contribution in [2.45, 2.75) is 26.9 Å². The third-order valence-corrected chi connectivity index (χ3v) is 6.53. The number of carbonyl (C=O) groups is 1. The maximum Gasteiger partial charge on any atom is 0.256 e. The fraction of sp³-hybridized carbons (Fsp3) is 0.250. The molecular formula is C24H24N4O4S. The average molecular weight is 465 g/mol. The van der Waals surface area contributed by atoms with Gasteiger partial charge in [-0.2, -0.15) is 0 Å². The summed E-state index contributed by atoms with van der Waals surface area (Å²) in [4.78, 5) is 36.7. The molecule has 0 atom stereocenters.